The second-order valence-corrected chi connectivity index (χ2v) is 8.52. The van der Waals surface area contributed by atoms with E-state index in [1.165, 1.54) is 28.8 Å². The maximum Gasteiger partial charge on any atom is 1.00 e. The van der Waals surface area contributed by atoms with Crippen molar-refractivity contribution in [3.05, 3.63) is 35.9 Å². The largest absolute Gasteiger partial charge is 1.00 e. The summed E-state index contributed by atoms with van der Waals surface area (Å²) in [6.45, 7) is 3.37. The number of thioether (sulfide) groups is 1. The number of nitrogens with one attached hydrogen (secondary N) is 1. The number of hydrogen-bond donors (Lipinski definition) is 2. The van der Waals surface area contributed by atoms with Crippen LogP contribution in [0.2, 0.25) is 0 Å². The molecule has 2 heterocycles. The van der Waals surface area contributed by atoms with Gasteiger partial charge in [-0.05, 0) is 19.4 Å². The predicted molar refractivity (Wildman–Crippen MR) is 89.8 cm³/mol. The Morgan fingerprint density at radius 2 is 1.85 bits per heavy atom. The second kappa shape index (κ2) is 7.83. The van der Waals surface area contributed by atoms with Crippen molar-refractivity contribution in [1.29, 1.82) is 0 Å². The zero-order valence-electron chi connectivity index (χ0n) is 15.0. The molecule has 138 valence electrons. The molecule has 1 aromatic carbocycles. The molecule has 2 aliphatic heterocycles. The molecule has 0 radical (unpaired) electrons. The Morgan fingerprint density at radius 3 is 2.37 bits per heavy atom. The number of carbonyl (C=O) groups excluding carboxylic acids is 3. The molecule has 1 aromatic rings. The van der Waals surface area contributed by atoms with Gasteiger partial charge < -0.3 is 25.2 Å². The van der Waals surface area contributed by atoms with E-state index in [4.69, 9.17) is 0 Å². The smallest absolute Gasteiger partial charge is 0.548 e. The number of carbonyl (C=O) groups is 4. The SMILES string of the molecule is CC1(C)S[C@@H]2C(NC(=O)C(C(=O)O)c3ccccc3)C(=O)N2C1C(=O)[O-].[Na+]. The first-order valence-corrected chi connectivity index (χ1v) is 8.82. The van der Waals surface area contributed by atoms with Gasteiger partial charge >= 0.3 is 35.5 Å². The molecule has 2 saturated heterocycles. The van der Waals surface area contributed by atoms with E-state index in [-0.39, 0.29) is 29.6 Å². The van der Waals surface area contributed by atoms with Gasteiger partial charge in [-0.1, -0.05) is 30.3 Å². The average molecular weight is 400 g/mol. The van der Waals surface area contributed by atoms with Crippen molar-refractivity contribution >= 4 is 35.5 Å². The summed E-state index contributed by atoms with van der Waals surface area (Å²) in [7, 11) is 0. The molecule has 0 aromatic heterocycles. The monoisotopic (exact) mass is 400 g/mol. The number of carboxylic acid groups (broad SMARTS) is 2. The molecule has 0 aliphatic carbocycles. The minimum absolute atomic E-state index is 0. The van der Waals surface area contributed by atoms with Crippen molar-refractivity contribution in [3.8, 4) is 0 Å². The van der Waals surface area contributed by atoms with Crippen LogP contribution in [0.3, 0.4) is 0 Å². The Hall–Kier alpha value is -1.55. The zero-order chi connectivity index (χ0) is 19.2. The number of benzene rings is 1. The first-order chi connectivity index (χ1) is 12.1. The molecule has 10 heteroatoms. The van der Waals surface area contributed by atoms with E-state index < -0.39 is 51.9 Å². The predicted octanol–water partition coefficient (Wildman–Crippen LogP) is -3.84. The van der Waals surface area contributed by atoms with Gasteiger partial charge in [0.15, 0.2) is 5.92 Å². The van der Waals surface area contributed by atoms with E-state index in [9.17, 15) is 29.4 Å². The number of rotatable bonds is 5. The fourth-order valence-corrected chi connectivity index (χ4v) is 5.04. The quantitative estimate of drug-likeness (QED) is 0.294. The Kier molecular flexibility index (Phi) is 6.30. The molecule has 2 fully saturated rings. The fourth-order valence-electron chi connectivity index (χ4n) is 3.41. The Balaban J connectivity index is 0.00000261. The molecule has 2 aliphatic rings. The third kappa shape index (κ3) is 3.73. The van der Waals surface area contributed by atoms with E-state index in [2.05, 4.69) is 5.32 Å². The van der Waals surface area contributed by atoms with E-state index in [0.717, 1.165) is 0 Å². The second-order valence-electron chi connectivity index (χ2n) is 6.75. The first-order valence-electron chi connectivity index (χ1n) is 7.94. The summed E-state index contributed by atoms with van der Waals surface area (Å²) < 4.78 is -0.774. The van der Waals surface area contributed by atoms with Gasteiger partial charge in [0.05, 0.1) is 12.0 Å². The van der Waals surface area contributed by atoms with Crippen molar-refractivity contribution in [2.75, 3.05) is 0 Å². The maximum absolute atomic E-state index is 12.5. The van der Waals surface area contributed by atoms with E-state index in [1.54, 1.807) is 32.0 Å². The summed E-state index contributed by atoms with van der Waals surface area (Å²) in [5.41, 5.74) is 0.299. The summed E-state index contributed by atoms with van der Waals surface area (Å²) in [5.74, 6) is -5.49. The molecule has 3 rings (SSSR count). The summed E-state index contributed by atoms with van der Waals surface area (Å²) >= 11 is 1.25. The summed E-state index contributed by atoms with van der Waals surface area (Å²) in [6.07, 6.45) is 0. The molecule has 4 atom stereocenters. The van der Waals surface area contributed by atoms with Crippen LogP contribution in [0.15, 0.2) is 30.3 Å². The van der Waals surface area contributed by atoms with Gasteiger partial charge in [0.2, 0.25) is 11.8 Å². The molecule has 0 saturated carbocycles. The molecular weight excluding hydrogens is 383 g/mol. The van der Waals surface area contributed by atoms with E-state index >= 15 is 0 Å². The Labute approximate surface area is 182 Å². The standard InChI is InChI=1S/C17H18N2O6S.Na/c1-17(2)11(16(24)25)19-13(21)10(14(19)26-17)18-12(20)9(15(22)23)8-6-4-3-5-7-8;/h3-7,9-11,14H,1-2H3,(H,18,20)(H,22,23)(H,24,25);/q;+1/p-1/t9?,10?,11?,14-;/m1./s1. The van der Waals surface area contributed by atoms with Crippen LogP contribution in [0.4, 0.5) is 0 Å². The Bertz CT molecular complexity index is 787. The van der Waals surface area contributed by atoms with Gasteiger partial charge in [-0.3, -0.25) is 14.4 Å². The minimum atomic E-state index is -1.45. The molecule has 2 N–H and O–H groups in total. The van der Waals surface area contributed by atoms with E-state index in [1.807, 2.05) is 0 Å². The molecule has 8 nitrogen and oxygen atoms in total. The topological polar surface area (TPSA) is 127 Å². The number of hydrogen-bond acceptors (Lipinski definition) is 6. The molecular formula is C17H17N2NaO6S. The van der Waals surface area contributed by atoms with Crippen LogP contribution < -0.4 is 40.0 Å². The number of amides is 2. The van der Waals surface area contributed by atoms with Crippen molar-refractivity contribution in [2.45, 2.75) is 42.0 Å². The third-order valence-corrected chi connectivity index (χ3v) is 6.18. The molecule has 0 spiro atoms. The van der Waals surface area contributed by atoms with Crippen LogP contribution in [-0.2, 0) is 19.2 Å². The van der Waals surface area contributed by atoms with Crippen LogP contribution in [0.1, 0.15) is 25.3 Å². The average Bonchev–Trinajstić information content (AvgIpc) is 2.82. The van der Waals surface area contributed by atoms with Gasteiger partial charge in [-0.2, -0.15) is 0 Å². The van der Waals surface area contributed by atoms with Crippen LogP contribution in [0.5, 0.6) is 0 Å². The van der Waals surface area contributed by atoms with Crippen molar-refractivity contribution in [1.82, 2.24) is 10.2 Å². The number of carboxylic acids is 2. The minimum Gasteiger partial charge on any atom is -0.548 e. The van der Waals surface area contributed by atoms with Crippen LogP contribution in [0.25, 0.3) is 0 Å². The number of fused-ring (bicyclic) bond motifs is 1. The first kappa shape index (κ1) is 21.7. The van der Waals surface area contributed by atoms with Crippen LogP contribution in [-0.4, -0.2) is 56.0 Å². The van der Waals surface area contributed by atoms with Gasteiger partial charge in [0.1, 0.15) is 11.4 Å². The molecule has 0 bridgehead atoms. The van der Waals surface area contributed by atoms with Crippen LogP contribution in [0, 0.1) is 0 Å². The van der Waals surface area contributed by atoms with E-state index in [0.29, 0.717) is 5.56 Å². The maximum atomic E-state index is 12.5. The summed E-state index contributed by atoms with van der Waals surface area (Å²) in [6, 6.07) is 5.93. The third-order valence-electron chi connectivity index (χ3n) is 4.60. The van der Waals surface area contributed by atoms with Crippen molar-refractivity contribution in [3.63, 3.8) is 0 Å². The van der Waals surface area contributed by atoms with Gasteiger partial charge in [-0.25, -0.2) is 0 Å². The fraction of sp³-hybridized carbons (Fsp3) is 0.412. The van der Waals surface area contributed by atoms with Crippen molar-refractivity contribution in [2.24, 2.45) is 0 Å². The zero-order valence-corrected chi connectivity index (χ0v) is 17.9. The molecule has 2 amide bonds. The molecule has 3 unspecified atom stereocenters. The van der Waals surface area contributed by atoms with Crippen molar-refractivity contribution < 1.29 is 58.9 Å². The van der Waals surface area contributed by atoms with Gasteiger partial charge in [0.25, 0.3) is 0 Å². The number of nitrogens with zero attached hydrogens (tertiary/aromatic N) is 1. The Morgan fingerprint density at radius 1 is 1.26 bits per heavy atom. The van der Waals surface area contributed by atoms with Gasteiger partial charge in [-0.15, -0.1) is 11.8 Å². The molecule has 27 heavy (non-hydrogen) atoms. The van der Waals surface area contributed by atoms with Crippen LogP contribution >= 0.6 is 11.8 Å². The normalized spacial score (nSPS) is 26.2. The number of β-lactam (4-membered cyclic amide) rings is 1. The number of aliphatic carboxylic acids is 2. The van der Waals surface area contributed by atoms with Gasteiger partial charge in [0, 0.05) is 4.75 Å². The summed E-state index contributed by atoms with van der Waals surface area (Å²) in [4.78, 5) is 49.0. The summed E-state index contributed by atoms with van der Waals surface area (Å²) in [5, 5.41) is 22.7.